The zero-order valence-electron chi connectivity index (χ0n) is 13.3. The summed E-state index contributed by atoms with van der Waals surface area (Å²) in [6, 6.07) is 8.83. The van der Waals surface area contributed by atoms with Crippen LogP contribution in [-0.2, 0) is 0 Å². The van der Waals surface area contributed by atoms with Crippen molar-refractivity contribution in [2.45, 2.75) is 25.8 Å². The molecule has 1 aliphatic carbocycles. The molecule has 1 aromatic carbocycles. The largest absolute Gasteiger partial charge is 0.541 e. The number of nitrogens with two attached hydrogens (primary N) is 1. The standard InChI is InChI=1S/C18H17N4O2/c1-11-10-21(18(23)22(24)14-3-4-14)16-5-2-12(8-15(11)16)13-6-7-20-17(19)9-13/h2,5-10,14H,3-4H2,1H3,(H2,19,20)/q+1. The third kappa shape index (κ3) is 2.36. The Labute approximate surface area is 138 Å². The molecule has 0 bridgehead atoms. The second-order valence-corrected chi connectivity index (χ2v) is 6.22. The zero-order chi connectivity index (χ0) is 16.8. The molecule has 6 heteroatoms. The van der Waals surface area contributed by atoms with Crippen LogP contribution in [0.25, 0.3) is 22.0 Å². The Balaban J connectivity index is 1.80. The summed E-state index contributed by atoms with van der Waals surface area (Å²) in [5.41, 5.74) is 9.40. The first-order chi connectivity index (χ1) is 11.5. The highest BCUT2D eigenvalue weighted by molar-refractivity contribution is 5.94. The Bertz CT molecular complexity index is 986. The van der Waals surface area contributed by atoms with Crippen molar-refractivity contribution in [3.63, 3.8) is 0 Å². The van der Waals surface area contributed by atoms with Crippen LogP contribution in [0.15, 0.2) is 42.7 Å². The lowest BCUT2D eigenvalue weighted by atomic mass is 10.0. The molecule has 1 fully saturated rings. The summed E-state index contributed by atoms with van der Waals surface area (Å²) < 4.78 is 2.04. The van der Waals surface area contributed by atoms with Crippen LogP contribution in [0.5, 0.6) is 0 Å². The van der Waals surface area contributed by atoms with Gasteiger partial charge in [-0.2, -0.15) is 9.36 Å². The number of rotatable bonds is 2. The number of pyridine rings is 1. The zero-order valence-corrected chi connectivity index (χ0v) is 13.3. The minimum absolute atomic E-state index is 0.158. The number of nitrogens with zero attached hydrogens (tertiary/aromatic N) is 3. The number of aromatic nitrogens is 2. The van der Waals surface area contributed by atoms with Crippen molar-refractivity contribution in [1.82, 2.24) is 9.55 Å². The number of amides is 1. The SMILES string of the molecule is Cc1cn(C(=O)[N+](=O)C2CC2)c2ccc(-c3ccnc(N)c3)cc12. The molecule has 6 nitrogen and oxygen atoms in total. The van der Waals surface area contributed by atoms with Gasteiger partial charge in [0.25, 0.3) is 0 Å². The lowest BCUT2D eigenvalue weighted by Crippen LogP contribution is -2.24. The first kappa shape index (κ1) is 14.6. The Kier molecular flexibility index (Phi) is 3.19. The molecule has 0 saturated heterocycles. The van der Waals surface area contributed by atoms with Crippen LogP contribution in [0.2, 0.25) is 0 Å². The van der Waals surface area contributed by atoms with Crippen LogP contribution in [0.1, 0.15) is 18.4 Å². The van der Waals surface area contributed by atoms with Crippen LogP contribution in [-0.4, -0.2) is 26.4 Å². The first-order valence-corrected chi connectivity index (χ1v) is 7.89. The first-order valence-electron chi connectivity index (χ1n) is 7.89. The molecule has 0 radical (unpaired) electrons. The summed E-state index contributed by atoms with van der Waals surface area (Å²) in [6.45, 7) is 1.93. The maximum Gasteiger partial charge on any atom is 0.541 e. The molecule has 120 valence electrons. The van der Waals surface area contributed by atoms with Crippen molar-refractivity contribution < 1.29 is 9.55 Å². The van der Waals surface area contributed by atoms with Crippen molar-refractivity contribution in [3.05, 3.63) is 53.2 Å². The number of benzene rings is 1. The smallest absolute Gasteiger partial charge is 0.384 e. The number of nitroso groups, excluding NO2 is 1. The van der Waals surface area contributed by atoms with E-state index in [9.17, 15) is 9.70 Å². The molecule has 4 rings (SSSR count). The van der Waals surface area contributed by atoms with Crippen molar-refractivity contribution >= 4 is 22.8 Å². The van der Waals surface area contributed by atoms with E-state index in [1.165, 1.54) is 4.57 Å². The van der Waals surface area contributed by atoms with Gasteiger partial charge in [0.15, 0.2) is 0 Å². The molecule has 0 unspecified atom stereocenters. The fourth-order valence-corrected chi connectivity index (χ4v) is 2.93. The van der Waals surface area contributed by atoms with Crippen molar-refractivity contribution in [2.24, 2.45) is 0 Å². The monoisotopic (exact) mass is 321 g/mol. The molecule has 24 heavy (non-hydrogen) atoms. The summed E-state index contributed by atoms with van der Waals surface area (Å²) in [6.07, 6.45) is 4.98. The highest BCUT2D eigenvalue weighted by Crippen LogP contribution is 2.29. The van der Waals surface area contributed by atoms with Crippen LogP contribution in [0, 0.1) is 11.8 Å². The van der Waals surface area contributed by atoms with Gasteiger partial charge in [0.05, 0.1) is 0 Å². The predicted molar refractivity (Wildman–Crippen MR) is 91.8 cm³/mol. The number of anilines is 1. The maximum atomic E-state index is 12.4. The molecule has 2 N–H and O–H groups in total. The quantitative estimate of drug-likeness (QED) is 0.732. The second kappa shape index (κ2) is 5.26. The van der Waals surface area contributed by atoms with Crippen LogP contribution in [0.3, 0.4) is 0 Å². The van der Waals surface area contributed by atoms with Crippen LogP contribution < -0.4 is 5.73 Å². The molecular weight excluding hydrogens is 304 g/mol. The van der Waals surface area contributed by atoms with Gasteiger partial charge >= 0.3 is 6.03 Å². The molecule has 1 amide bonds. The lowest BCUT2D eigenvalue weighted by molar-refractivity contribution is -0.465. The van der Waals surface area contributed by atoms with Crippen molar-refractivity contribution in [2.75, 3.05) is 5.73 Å². The number of fused-ring (bicyclic) bond motifs is 1. The third-order valence-electron chi connectivity index (χ3n) is 4.39. The van der Waals surface area contributed by atoms with E-state index in [4.69, 9.17) is 5.73 Å². The van der Waals surface area contributed by atoms with E-state index in [1.54, 1.807) is 12.4 Å². The lowest BCUT2D eigenvalue weighted by Gasteiger charge is -2.03. The number of nitrogen functional groups attached to an aromatic ring is 1. The maximum absolute atomic E-state index is 12.4. The highest BCUT2D eigenvalue weighted by Gasteiger charge is 2.40. The Morgan fingerprint density at radius 1 is 1.25 bits per heavy atom. The van der Waals surface area contributed by atoms with E-state index < -0.39 is 6.03 Å². The van der Waals surface area contributed by atoms with Gasteiger partial charge in [0.2, 0.25) is 0 Å². The second-order valence-electron chi connectivity index (χ2n) is 6.22. The van der Waals surface area contributed by atoms with Gasteiger partial charge in [-0.3, -0.25) is 0 Å². The van der Waals surface area contributed by atoms with Gasteiger partial charge in [-0.25, -0.2) is 4.98 Å². The van der Waals surface area contributed by atoms with E-state index in [0.717, 1.165) is 40.4 Å². The molecule has 1 aliphatic rings. The number of aryl methyl sites for hydroxylation is 1. The van der Waals surface area contributed by atoms with Gasteiger partial charge in [0.1, 0.15) is 23.6 Å². The van der Waals surface area contributed by atoms with Gasteiger partial charge in [-0.05, 0) is 55.2 Å². The number of carbonyl (C=O) groups excluding carboxylic acids is 1. The number of hydrogen-bond acceptors (Lipinski definition) is 4. The normalized spacial score (nSPS) is 14.0. The summed E-state index contributed by atoms with van der Waals surface area (Å²) in [5.74, 6) is 0.462. The minimum Gasteiger partial charge on any atom is -0.384 e. The topological polar surface area (TPSA) is 81.0 Å². The molecule has 0 atom stereocenters. The highest BCUT2D eigenvalue weighted by atomic mass is 16.3. The molecule has 3 aromatic rings. The van der Waals surface area contributed by atoms with Crippen molar-refractivity contribution in [1.29, 1.82) is 0 Å². The minimum atomic E-state index is -0.517. The summed E-state index contributed by atoms with van der Waals surface area (Å²) >= 11 is 0. The molecule has 0 spiro atoms. The van der Waals surface area contributed by atoms with Gasteiger partial charge in [0, 0.05) is 21.9 Å². The van der Waals surface area contributed by atoms with E-state index in [1.807, 2.05) is 37.3 Å². The predicted octanol–water partition coefficient (Wildman–Crippen LogP) is 3.50. The van der Waals surface area contributed by atoms with Crippen LogP contribution >= 0.6 is 0 Å². The Morgan fingerprint density at radius 3 is 2.71 bits per heavy atom. The summed E-state index contributed by atoms with van der Waals surface area (Å²) in [4.78, 5) is 28.4. The van der Waals surface area contributed by atoms with Gasteiger partial charge in [-0.15, -0.1) is 0 Å². The molecule has 1 saturated carbocycles. The van der Waals surface area contributed by atoms with Crippen LogP contribution in [0.4, 0.5) is 10.6 Å². The average Bonchev–Trinajstić information content (AvgIpc) is 3.38. The summed E-state index contributed by atoms with van der Waals surface area (Å²) in [5, 5.41) is 0.945. The van der Waals surface area contributed by atoms with E-state index >= 15 is 0 Å². The fourth-order valence-electron chi connectivity index (χ4n) is 2.93. The van der Waals surface area contributed by atoms with Gasteiger partial charge in [-0.1, -0.05) is 11.0 Å². The van der Waals surface area contributed by atoms with E-state index in [-0.39, 0.29) is 6.04 Å². The molecule has 2 aromatic heterocycles. The molecular formula is C18H17N4O2+. The molecule has 0 aliphatic heterocycles. The van der Waals surface area contributed by atoms with Gasteiger partial charge < -0.3 is 5.73 Å². The van der Waals surface area contributed by atoms with E-state index in [2.05, 4.69) is 4.98 Å². The average molecular weight is 321 g/mol. The Morgan fingerprint density at radius 2 is 2.00 bits per heavy atom. The summed E-state index contributed by atoms with van der Waals surface area (Å²) in [7, 11) is 0. The van der Waals surface area contributed by atoms with Crippen molar-refractivity contribution in [3.8, 4) is 11.1 Å². The van der Waals surface area contributed by atoms with E-state index in [0.29, 0.717) is 10.6 Å². The Hall–Kier alpha value is -3.02. The third-order valence-corrected chi connectivity index (χ3v) is 4.39. The molecule has 2 heterocycles. The fraction of sp³-hybridized carbons (Fsp3) is 0.222. The number of hydrogen-bond donors (Lipinski definition) is 1. The number of carbonyl (C=O) groups is 1.